The molecule has 5 nitrogen and oxygen atoms in total. The van der Waals surface area contributed by atoms with Gasteiger partial charge in [-0.25, -0.2) is 4.79 Å². The highest BCUT2D eigenvalue weighted by Crippen LogP contribution is 2.23. The minimum Gasteiger partial charge on any atom is -0.458 e. The zero-order valence-electron chi connectivity index (χ0n) is 15.0. The van der Waals surface area contributed by atoms with E-state index in [2.05, 4.69) is 0 Å². The zero-order valence-corrected chi connectivity index (χ0v) is 15.0. The third-order valence-electron chi connectivity index (χ3n) is 4.21. The molecule has 1 unspecified atom stereocenters. The minimum absolute atomic E-state index is 0.319. The maximum absolute atomic E-state index is 12.3. The van der Waals surface area contributed by atoms with Crippen LogP contribution in [0.15, 0.2) is 42.5 Å². The van der Waals surface area contributed by atoms with Gasteiger partial charge in [-0.15, -0.1) is 0 Å². The van der Waals surface area contributed by atoms with E-state index in [1.165, 1.54) is 6.92 Å². The third kappa shape index (κ3) is 4.79. The van der Waals surface area contributed by atoms with Crippen LogP contribution in [0.2, 0.25) is 0 Å². The Kier molecular flexibility index (Phi) is 5.48. The summed E-state index contributed by atoms with van der Waals surface area (Å²) < 4.78 is 10.2. The molecule has 0 saturated carbocycles. The molecule has 0 saturated heterocycles. The van der Waals surface area contributed by atoms with Gasteiger partial charge in [0.1, 0.15) is 0 Å². The van der Waals surface area contributed by atoms with Gasteiger partial charge in [0.25, 0.3) is 0 Å². The van der Waals surface area contributed by atoms with Crippen molar-refractivity contribution in [3.63, 3.8) is 0 Å². The Bertz CT molecular complexity index is 777. The molecule has 2 aromatic rings. The average Bonchev–Trinajstić information content (AvgIpc) is 2.58. The Hall–Kier alpha value is -2.40. The van der Waals surface area contributed by atoms with Gasteiger partial charge >= 0.3 is 11.9 Å². The van der Waals surface area contributed by atoms with Crippen molar-refractivity contribution >= 4 is 22.7 Å². The summed E-state index contributed by atoms with van der Waals surface area (Å²) in [5.74, 6) is -3.03. The molecular weight excluding hydrogens is 320 g/mol. The minimum atomic E-state index is -1.90. The number of benzene rings is 2. The van der Waals surface area contributed by atoms with Crippen molar-refractivity contribution in [3.05, 3.63) is 48.0 Å². The van der Waals surface area contributed by atoms with Gasteiger partial charge in [-0.05, 0) is 43.2 Å². The molecule has 0 aliphatic carbocycles. The van der Waals surface area contributed by atoms with Crippen LogP contribution in [-0.4, -0.2) is 29.4 Å². The molecule has 0 aliphatic rings. The molecule has 134 valence electrons. The van der Waals surface area contributed by atoms with E-state index >= 15 is 0 Å². The molecule has 0 fully saturated rings. The SMILES string of the molecule is CCC(C)(C)C(=O)OCC(C)(O)OC(=O)c1ccc2ccccc2c1. The van der Waals surface area contributed by atoms with E-state index in [-0.39, 0.29) is 0 Å². The Balaban J connectivity index is 2.03. The number of fused-ring (bicyclic) bond motifs is 1. The van der Waals surface area contributed by atoms with Crippen LogP contribution in [0.4, 0.5) is 0 Å². The number of aliphatic hydroxyl groups is 1. The molecule has 0 spiro atoms. The molecule has 0 bridgehead atoms. The third-order valence-corrected chi connectivity index (χ3v) is 4.21. The van der Waals surface area contributed by atoms with Gasteiger partial charge in [0.05, 0.1) is 11.0 Å². The largest absolute Gasteiger partial charge is 0.458 e. The highest BCUT2D eigenvalue weighted by molar-refractivity contribution is 5.95. The van der Waals surface area contributed by atoms with Gasteiger partial charge in [-0.1, -0.05) is 37.3 Å². The van der Waals surface area contributed by atoms with Crippen LogP contribution in [-0.2, 0) is 14.3 Å². The number of carbonyl (C=O) groups is 2. The van der Waals surface area contributed by atoms with Gasteiger partial charge in [0.2, 0.25) is 5.79 Å². The predicted octanol–water partition coefficient (Wildman–Crippen LogP) is 3.68. The molecule has 0 amide bonds. The summed E-state index contributed by atoms with van der Waals surface area (Å²) in [7, 11) is 0. The van der Waals surface area contributed by atoms with Crippen LogP contribution in [0.25, 0.3) is 10.8 Å². The first kappa shape index (κ1) is 18.9. The first-order chi connectivity index (χ1) is 11.6. The monoisotopic (exact) mass is 344 g/mol. The number of ether oxygens (including phenoxy) is 2. The summed E-state index contributed by atoms with van der Waals surface area (Å²) in [5, 5.41) is 12.1. The highest BCUT2D eigenvalue weighted by atomic mass is 16.7. The molecule has 1 atom stereocenters. The number of esters is 2. The molecule has 2 aromatic carbocycles. The fourth-order valence-corrected chi connectivity index (χ4v) is 2.14. The summed E-state index contributed by atoms with van der Waals surface area (Å²) >= 11 is 0. The smallest absolute Gasteiger partial charge is 0.340 e. The normalized spacial score (nSPS) is 14.0. The molecule has 0 aliphatic heterocycles. The molecular formula is C20H24O5. The van der Waals surface area contributed by atoms with Crippen molar-refractivity contribution in [1.82, 2.24) is 0 Å². The molecule has 0 heterocycles. The van der Waals surface area contributed by atoms with Gasteiger partial charge in [0, 0.05) is 6.92 Å². The molecule has 5 heteroatoms. The summed E-state index contributed by atoms with van der Waals surface area (Å²) in [6, 6.07) is 12.8. The van der Waals surface area contributed by atoms with E-state index in [1.54, 1.807) is 26.0 Å². The maximum Gasteiger partial charge on any atom is 0.340 e. The number of hydrogen-bond donors (Lipinski definition) is 1. The van der Waals surface area contributed by atoms with E-state index < -0.39 is 29.7 Å². The lowest BCUT2D eigenvalue weighted by molar-refractivity contribution is -0.198. The van der Waals surface area contributed by atoms with Crippen LogP contribution in [0.1, 0.15) is 44.5 Å². The quantitative estimate of drug-likeness (QED) is 0.639. The van der Waals surface area contributed by atoms with Gasteiger partial charge in [0.15, 0.2) is 6.61 Å². The lowest BCUT2D eigenvalue weighted by Gasteiger charge is -2.26. The predicted molar refractivity (Wildman–Crippen MR) is 95.0 cm³/mol. The fraction of sp³-hybridized carbons (Fsp3) is 0.400. The van der Waals surface area contributed by atoms with E-state index in [0.717, 1.165) is 10.8 Å². The standard InChI is InChI=1S/C20H24O5/c1-5-19(2,3)18(22)24-13-20(4,23)25-17(21)16-11-10-14-8-6-7-9-15(14)12-16/h6-12,23H,5,13H2,1-4H3. The van der Waals surface area contributed by atoms with Crippen molar-refractivity contribution in [2.24, 2.45) is 5.41 Å². The highest BCUT2D eigenvalue weighted by Gasteiger charge is 2.32. The molecule has 0 radical (unpaired) electrons. The van der Waals surface area contributed by atoms with Crippen LogP contribution in [0.5, 0.6) is 0 Å². The lowest BCUT2D eigenvalue weighted by atomic mass is 9.91. The van der Waals surface area contributed by atoms with E-state index in [0.29, 0.717) is 12.0 Å². The van der Waals surface area contributed by atoms with Crippen molar-refractivity contribution in [3.8, 4) is 0 Å². The van der Waals surface area contributed by atoms with E-state index in [9.17, 15) is 14.7 Å². The Morgan fingerprint density at radius 1 is 1.04 bits per heavy atom. The first-order valence-electron chi connectivity index (χ1n) is 8.26. The zero-order chi connectivity index (χ0) is 18.7. The summed E-state index contributed by atoms with van der Waals surface area (Å²) in [5.41, 5.74) is -0.336. The second-order valence-electron chi connectivity index (χ2n) is 6.94. The van der Waals surface area contributed by atoms with Crippen LogP contribution < -0.4 is 0 Å². The first-order valence-corrected chi connectivity index (χ1v) is 8.26. The summed E-state index contributed by atoms with van der Waals surface area (Å²) in [4.78, 5) is 24.2. The van der Waals surface area contributed by atoms with Crippen molar-refractivity contribution in [1.29, 1.82) is 0 Å². The van der Waals surface area contributed by atoms with Crippen LogP contribution in [0.3, 0.4) is 0 Å². The number of carbonyl (C=O) groups excluding carboxylic acids is 2. The fourth-order valence-electron chi connectivity index (χ4n) is 2.14. The van der Waals surface area contributed by atoms with Crippen molar-refractivity contribution in [2.75, 3.05) is 6.61 Å². The average molecular weight is 344 g/mol. The number of hydrogen-bond acceptors (Lipinski definition) is 5. The van der Waals surface area contributed by atoms with Gasteiger partial charge < -0.3 is 14.6 Å². The number of rotatable bonds is 6. The van der Waals surface area contributed by atoms with Crippen molar-refractivity contribution in [2.45, 2.75) is 39.9 Å². The summed E-state index contributed by atoms with van der Waals surface area (Å²) in [6.07, 6.45) is 0.602. The van der Waals surface area contributed by atoms with E-state index in [1.807, 2.05) is 37.3 Å². The van der Waals surface area contributed by atoms with Crippen LogP contribution >= 0.6 is 0 Å². The molecule has 2 rings (SSSR count). The van der Waals surface area contributed by atoms with E-state index in [4.69, 9.17) is 9.47 Å². The Morgan fingerprint density at radius 2 is 1.68 bits per heavy atom. The lowest BCUT2D eigenvalue weighted by Crippen LogP contribution is -2.39. The Morgan fingerprint density at radius 3 is 2.32 bits per heavy atom. The van der Waals surface area contributed by atoms with Gasteiger partial charge in [-0.2, -0.15) is 0 Å². The molecule has 0 aromatic heterocycles. The second kappa shape index (κ2) is 7.23. The maximum atomic E-state index is 12.3. The topological polar surface area (TPSA) is 72.8 Å². The van der Waals surface area contributed by atoms with Crippen molar-refractivity contribution < 1.29 is 24.2 Å². The second-order valence-corrected chi connectivity index (χ2v) is 6.94. The molecule has 25 heavy (non-hydrogen) atoms. The molecule has 1 N–H and O–H groups in total. The summed E-state index contributed by atoms with van der Waals surface area (Å²) in [6.45, 7) is 6.25. The Labute approximate surface area is 147 Å². The van der Waals surface area contributed by atoms with Gasteiger partial charge in [-0.3, -0.25) is 4.79 Å². The van der Waals surface area contributed by atoms with Crippen LogP contribution in [0, 0.1) is 5.41 Å².